The summed E-state index contributed by atoms with van der Waals surface area (Å²) in [6.45, 7) is 2.28. The molecule has 0 unspecified atom stereocenters. The number of unbranched alkanes of at least 4 members (excludes halogenated alkanes) is 15. The van der Waals surface area contributed by atoms with Gasteiger partial charge >= 0.3 is 10.4 Å². The molecule has 166 valence electrons. The van der Waals surface area contributed by atoms with E-state index < -0.39 is 10.4 Å². The molecule has 0 bridgehead atoms. The van der Waals surface area contributed by atoms with Crippen LogP contribution in [0.2, 0.25) is 0 Å². The van der Waals surface area contributed by atoms with Crippen molar-refractivity contribution in [3.05, 3.63) is 23.8 Å². The Morgan fingerprint density at radius 3 is 1.59 bits per heavy atom. The van der Waals surface area contributed by atoms with Crippen molar-refractivity contribution >= 4 is 10.4 Å². The van der Waals surface area contributed by atoms with E-state index in [2.05, 4.69) is 6.92 Å². The third-order valence-electron chi connectivity index (χ3n) is 5.71. The van der Waals surface area contributed by atoms with E-state index in [1.165, 1.54) is 96.3 Å². The highest BCUT2D eigenvalue weighted by atomic mass is 32.3. The smallest absolute Gasteiger partial charge is 0.349 e. The summed E-state index contributed by atoms with van der Waals surface area (Å²) >= 11 is 0. The molecule has 29 heavy (non-hydrogen) atoms. The van der Waals surface area contributed by atoms with Gasteiger partial charge in [-0.05, 0) is 30.5 Å². The van der Waals surface area contributed by atoms with Crippen molar-refractivity contribution in [2.24, 2.45) is 0 Å². The number of aryl methyl sites for hydroxylation is 1. The maximum Gasteiger partial charge on any atom is 0.501 e. The molecule has 1 aliphatic rings. The fraction of sp³-hybridized carbons (Fsp3) is 0.750. The molecular formula is C24H40O4S. The Kier molecular flexibility index (Phi) is 11.5. The highest BCUT2D eigenvalue weighted by Crippen LogP contribution is 2.36. The molecule has 1 aromatic carbocycles. The standard InChI is InChI=1S/C24H40O4S/c1-2-3-4-5-6-7-8-9-10-11-12-13-14-15-16-17-18-22-19-20-23-24(21-22)28-29(25,26)27-23/h19-21H,2-18H2,1H3. The van der Waals surface area contributed by atoms with Gasteiger partial charge in [-0.1, -0.05) is 109 Å². The molecule has 1 aromatic rings. The Balaban J connectivity index is 1.36. The lowest BCUT2D eigenvalue weighted by molar-refractivity contribution is 0.436. The maximum atomic E-state index is 11.3. The fourth-order valence-corrected chi connectivity index (χ4v) is 4.70. The van der Waals surface area contributed by atoms with Crippen molar-refractivity contribution in [3.63, 3.8) is 0 Å². The second-order valence-electron chi connectivity index (χ2n) is 8.41. The highest BCUT2D eigenvalue weighted by Gasteiger charge is 2.28. The van der Waals surface area contributed by atoms with Crippen molar-refractivity contribution in [2.75, 3.05) is 0 Å². The van der Waals surface area contributed by atoms with Gasteiger partial charge in [0.05, 0.1) is 0 Å². The monoisotopic (exact) mass is 424 g/mol. The average Bonchev–Trinajstić information content (AvgIpc) is 3.00. The lowest BCUT2D eigenvalue weighted by atomic mass is 10.0. The van der Waals surface area contributed by atoms with E-state index in [4.69, 9.17) is 8.37 Å². The molecule has 0 N–H and O–H groups in total. The Morgan fingerprint density at radius 1 is 0.621 bits per heavy atom. The summed E-state index contributed by atoms with van der Waals surface area (Å²) in [7, 11) is -3.87. The molecule has 0 aliphatic carbocycles. The van der Waals surface area contributed by atoms with Gasteiger partial charge in [0.15, 0.2) is 11.5 Å². The Labute approximate surface area is 178 Å². The normalized spacial score (nSPS) is 14.4. The minimum Gasteiger partial charge on any atom is -0.349 e. The molecule has 0 atom stereocenters. The second-order valence-corrected chi connectivity index (χ2v) is 9.56. The summed E-state index contributed by atoms with van der Waals surface area (Å²) in [6.07, 6.45) is 22.8. The van der Waals surface area contributed by atoms with Crippen molar-refractivity contribution < 1.29 is 16.8 Å². The van der Waals surface area contributed by atoms with Gasteiger partial charge in [-0.25, -0.2) is 0 Å². The van der Waals surface area contributed by atoms with Crippen LogP contribution >= 0.6 is 0 Å². The van der Waals surface area contributed by atoms with Gasteiger partial charge in [-0.3, -0.25) is 0 Å². The predicted octanol–water partition coefficient (Wildman–Crippen LogP) is 7.51. The molecule has 0 saturated heterocycles. The quantitative estimate of drug-likeness (QED) is 0.243. The first-order chi connectivity index (χ1) is 14.1. The van der Waals surface area contributed by atoms with Crippen LogP contribution in [0.15, 0.2) is 18.2 Å². The molecule has 0 spiro atoms. The SMILES string of the molecule is CCCCCCCCCCCCCCCCCCc1ccc2c(c1)OS(=O)(=O)O2. The summed E-state index contributed by atoms with van der Waals surface area (Å²) in [5, 5.41) is 0. The number of rotatable bonds is 17. The minimum atomic E-state index is -3.87. The van der Waals surface area contributed by atoms with E-state index in [1.807, 2.05) is 6.07 Å². The van der Waals surface area contributed by atoms with E-state index in [0.717, 1.165) is 18.4 Å². The van der Waals surface area contributed by atoms with E-state index in [1.54, 1.807) is 12.1 Å². The summed E-state index contributed by atoms with van der Waals surface area (Å²) in [6, 6.07) is 5.39. The largest absolute Gasteiger partial charge is 0.501 e. The first-order valence-corrected chi connectivity index (χ1v) is 13.2. The zero-order chi connectivity index (χ0) is 20.8. The van der Waals surface area contributed by atoms with Gasteiger partial charge in [0, 0.05) is 0 Å². The number of hydrogen-bond donors (Lipinski definition) is 0. The van der Waals surface area contributed by atoms with Crippen LogP contribution in [0.3, 0.4) is 0 Å². The van der Waals surface area contributed by atoms with Crippen molar-refractivity contribution in [1.82, 2.24) is 0 Å². The lowest BCUT2D eigenvalue weighted by Crippen LogP contribution is -2.07. The molecule has 2 rings (SSSR count). The molecule has 1 heterocycles. The average molecular weight is 425 g/mol. The highest BCUT2D eigenvalue weighted by molar-refractivity contribution is 7.82. The van der Waals surface area contributed by atoms with Crippen LogP contribution in [0, 0.1) is 0 Å². The van der Waals surface area contributed by atoms with E-state index >= 15 is 0 Å². The van der Waals surface area contributed by atoms with Gasteiger partial charge in [-0.15, -0.1) is 8.42 Å². The number of benzene rings is 1. The van der Waals surface area contributed by atoms with Gasteiger partial charge in [0.1, 0.15) is 0 Å². The van der Waals surface area contributed by atoms with Crippen molar-refractivity contribution in [2.45, 2.75) is 116 Å². The van der Waals surface area contributed by atoms with Crippen LogP contribution in [0.4, 0.5) is 0 Å². The molecule has 0 saturated carbocycles. The van der Waals surface area contributed by atoms with Gasteiger partial charge in [-0.2, -0.15) is 0 Å². The molecule has 0 amide bonds. The molecule has 0 radical (unpaired) electrons. The van der Waals surface area contributed by atoms with E-state index in [-0.39, 0.29) is 0 Å². The second kappa shape index (κ2) is 13.9. The van der Waals surface area contributed by atoms with Crippen molar-refractivity contribution in [1.29, 1.82) is 0 Å². The maximum absolute atomic E-state index is 11.3. The van der Waals surface area contributed by atoms with Crippen LogP contribution in [0.1, 0.15) is 115 Å². The van der Waals surface area contributed by atoms with E-state index in [0.29, 0.717) is 11.5 Å². The molecule has 0 aromatic heterocycles. The van der Waals surface area contributed by atoms with Crippen LogP contribution in [0.5, 0.6) is 11.5 Å². The molecule has 1 aliphatic heterocycles. The fourth-order valence-electron chi connectivity index (χ4n) is 3.96. The van der Waals surface area contributed by atoms with Gasteiger partial charge in [0.25, 0.3) is 0 Å². The third-order valence-corrected chi connectivity index (χ3v) is 6.48. The zero-order valence-electron chi connectivity index (χ0n) is 18.3. The minimum absolute atomic E-state index is 0.292. The van der Waals surface area contributed by atoms with E-state index in [9.17, 15) is 8.42 Å². The molecule has 5 heteroatoms. The number of hydrogen-bond acceptors (Lipinski definition) is 4. The van der Waals surface area contributed by atoms with Crippen molar-refractivity contribution in [3.8, 4) is 11.5 Å². The Bertz CT molecular complexity index is 669. The molecular weight excluding hydrogens is 384 g/mol. The third kappa shape index (κ3) is 10.4. The topological polar surface area (TPSA) is 52.6 Å². The first-order valence-electron chi connectivity index (χ1n) is 11.9. The predicted molar refractivity (Wildman–Crippen MR) is 120 cm³/mol. The summed E-state index contributed by atoms with van der Waals surface area (Å²) in [4.78, 5) is 0. The van der Waals surface area contributed by atoms with Crippen LogP contribution in [-0.2, 0) is 16.8 Å². The molecule has 0 fully saturated rings. The van der Waals surface area contributed by atoms with Crippen LogP contribution < -0.4 is 8.37 Å². The summed E-state index contributed by atoms with van der Waals surface area (Å²) in [5.41, 5.74) is 1.11. The lowest BCUT2D eigenvalue weighted by Gasteiger charge is -2.04. The van der Waals surface area contributed by atoms with Gasteiger partial charge in [0.2, 0.25) is 0 Å². The first kappa shape index (κ1) is 24.0. The molecule has 4 nitrogen and oxygen atoms in total. The summed E-state index contributed by atoms with van der Waals surface area (Å²) < 4.78 is 32.1. The number of fused-ring (bicyclic) bond motifs is 1. The Hall–Kier alpha value is -1.23. The summed E-state index contributed by atoms with van der Waals surface area (Å²) in [5.74, 6) is 0.611. The Morgan fingerprint density at radius 2 is 1.07 bits per heavy atom. The van der Waals surface area contributed by atoms with Crippen LogP contribution in [0.25, 0.3) is 0 Å². The van der Waals surface area contributed by atoms with Gasteiger partial charge < -0.3 is 8.37 Å². The zero-order valence-corrected chi connectivity index (χ0v) is 19.1. The van der Waals surface area contributed by atoms with Crippen LogP contribution in [-0.4, -0.2) is 8.42 Å².